The van der Waals surface area contributed by atoms with Gasteiger partial charge in [0.15, 0.2) is 0 Å². The summed E-state index contributed by atoms with van der Waals surface area (Å²) in [7, 11) is 1.27. The first-order valence-electron chi connectivity index (χ1n) is 9.11. The zero-order valence-corrected chi connectivity index (χ0v) is 16.6. The summed E-state index contributed by atoms with van der Waals surface area (Å²) in [4.78, 5) is 23.9. The number of nitriles is 1. The van der Waals surface area contributed by atoms with Gasteiger partial charge in [0.2, 0.25) is 0 Å². The molecule has 6 nitrogen and oxygen atoms in total. The van der Waals surface area contributed by atoms with Crippen LogP contribution in [0.25, 0.3) is 17.4 Å². The lowest BCUT2D eigenvalue weighted by Gasteiger charge is -2.13. The van der Waals surface area contributed by atoms with Crippen LogP contribution in [0.3, 0.4) is 0 Å². The maximum absolute atomic E-state index is 13.1. The van der Waals surface area contributed by atoms with Gasteiger partial charge >= 0.3 is 12.1 Å². The van der Waals surface area contributed by atoms with E-state index >= 15 is 0 Å². The summed E-state index contributed by atoms with van der Waals surface area (Å²) in [6.45, 7) is 0. The van der Waals surface area contributed by atoms with Crippen LogP contribution in [0.15, 0.2) is 70.7 Å². The van der Waals surface area contributed by atoms with E-state index in [1.54, 1.807) is 36.4 Å². The quantitative estimate of drug-likeness (QED) is 0.330. The Kier molecular flexibility index (Phi) is 6.45. The van der Waals surface area contributed by atoms with E-state index in [0.29, 0.717) is 16.9 Å². The minimum atomic E-state index is -4.67. The van der Waals surface area contributed by atoms with Crippen LogP contribution in [0.2, 0.25) is 0 Å². The van der Waals surface area contributed by atoms with Crippen LogP contribution in [-0.2, 0) is 15.7 Å². The molecular weight excluding hydrogens is 425 g/mol. The average molecular weight is 440 g/mol. The largest absolute Gasteiger partial charge is 0.465 e. The fourth-order valence-corrected chi connectivity index (χ4v) is 2.79. The van der Waals surface area contributed by atoms with Gasteiger partial charge in [0.1, 0.15) is 23.2 Å². The molecule has 0 saturated carbocycles. The molecule has 0 aliphatic rings. The van der Waals surface area contributed by atoms with E-state index in [1.165, 1.54) is 25.3 Å². The lowest BCUT2D eigenvalue weighted by Crippen LogP contribution is -2.17. The van der Waals surface area contributed by atoms with Crippen molar-refractivity contribution in [2.75, 3.05) is 12.4 Å². The van der Waals surface area contributed by atoms with Gasteiger partial charge in [-0.3, -0.25) is 4.79 Å². The number of furan rings is 1. The zero-order valence-electron chi connectivity index (χ0n) is 16.6. The summed E-state index contributed by atoms with van der Waals surface area (Å²) >= 11 is 0. The number of anilines is 1. The zero-order chi connectivity index (χ0) is 23.3. The number of ether oxygens (including phenoxy) is 1. The third kappa shape index (κ3) is 5.05. The summed E-state index contributed by atoms with van der Waals surface area (Å²) in [5, 5.41) is 11.4. The first kappa shape index (κ1) is 22.4. The van der Waals surface area contributed by atoms with Crippen LogP contribution in [0.4, 0.5) is 18.9 Å². The Labute approximate surface area is 180 Å². The summed E-state index contributed by atoms with van der Waals surface area (Å²) in [6, 6.07) is 15.6. The van der Waals surface area contributed by atoms with E-state index in [2.05, 4.69) is 10.1 Å². The number of carbonyl (C=O) groups is 2. The Morgan fingerprint density at radius 3 is 2.38 bits per heavy atom. The molecule has 0 aliphatic carbocycles. The van der Waals surface area contributed by atoms with E-state index in [1.807, 2.05) is 0 Å². The highest BCUT2D eigenvalue weighted by Gasteiger charge is 2.33. The average Bonchev–Trinajstić information content (AvgIpc) is 3.25. The second-order valence-corrected chi connectivity index (χ2v) is 6.44. The van der Waals surface area contributed by atoms with Crippen molar-refractivity contribution < 1.29 is 31.9 Å². The summed E-state index contributed by atoms with van der Waals surface area (Å²) in [5.41, 5.74) is -0.952. The fraction of sp³-hybridized carbons (Fsp3) is 0.0870. The first-order valence-corrected chi connectivity index (χ1v) is 9.11. The normalized spacial score (nSPS) is 11.5. The van der Waals surface area contributed by atoms with Gasteiger partial charge in [-0.15, -0.1) is 0 Å². The highest BCUT2D eigenvalue weighted by Crippen LogP contribution is 2.34. The molecule has 1 N–H and O–H groups in total. The molecule has 162 valence electrons. The molecule has 0 saturated heterocycles. The van der Waals surface area contributed by atoms with Gasteiger partial charge in [-0.25, -0.2) is 4.79 Å². The molecule has 0 atom stereocenters. The van der Waals surface area contributed by atoms with Gasteiger partial charge in [-0.2, -0.15) is 18.4 Å². The second kappa shape index (κ2) is 9.22. The number of alkyl halides is 3. The molecule has 0 unspecified atom stereocenters. The van der Waals surface area contributed by atoms with Crippen molar-refractivity contribution >= 4 is 23.6 Å². The number of hydrogen-bond donors (Lipinski definition) is 1. The van der Waals surface area contributed by atoms with Crippen molar-refractivity contribution in [3.63, 3.8) is 0 Å². The summed E-state index contributed by atoms with van der Waals surface area (Å²) < 4.78 is 49.6. The van der Waals surface area contributed by atoms with Crippen molar-refractivity contribution in [2.24, 2.45) is 0 Å². The van der Waals surface area contributed by atoms with Crippen LogP contribution in [0, 0.1) is 11.3 Å². The number of amides is 1. The minimum absolute atomic E-state index is 0.146. The third-order valence-electron chi connectivity index (χ3n) is 4.35. The van der Waals surface area contributed by atoms with Crippen LogP contribution in [0.5, 0.6) is 0 Å². The Morgan fingerprint density at radius 1 is 1.06 bits per heavy atom. The van der Waals surface area contributed by atoms with Crippen LogP contribution in [-0.4, -0.2) is 19.0 Å². The molecule has 0 aliphatic heterocycles. The number of halogens is 3. The Bertz CT molecular complexity index is 1220. The number of hydrogen-bond acceptors (Lipinski definition) is 5. The van der Waals surface area contributed by atoms with Gasteiger partial charge in [0, 0.05) is 11.6 Å². The lowest BCUT2D eigenvalue weighted by molar-refractivity contribution is -0.137. The molecule has 0 radical (unpaired) electrons. The molecule has 32 heavy (non-hydrogen) atoms. The Morgan fingerprint density at radius 2 is 1.75 bits per heavy atom. The minimum Gasteiger partial charge on any atom is -0.465 e. The van der Waals surface area contributed by atoms with Gasteiger partial charge in [-0.1, -0.05) is 24.3 Å². The second-order valence-electron chi connectivity index (χ2n) is 6.44. The molecule has 1 aromatic heterocycles. The number of carbonyl (C=O) groups excluding carboxylic acids is 2. The maximum Gasteiger partial charge on any atom is 0.418 e. The number of nitrogens with zero attached hydrogens (tertiary/aromatic N) is 1. The molecule has 3 aromatic rings. The number of benzene rings is 2. The smallest absolute Gasteiger partial charge is 0.418 e. The number of methoxy groups -OCH3 is 1. The topological polar surface area (TPSA) is 92.3 Å². The van der Waals surface area contributed by atoms with Crippen molar-refractivity contribution in [3.05, 3.63) is 83.1 Å². The highest BCUT2D eigenvalue weighted by atomic mass is 19.4. The number of esters is 1. The van der Waals surface area contributed by atoms with Gasteiger partial charge in [-0.05, 0) is 36.4 Å². The molecule has 0 spiro atoms. The van der Waals surface area contributed by atoms with Crippen LogP contribution in [0.1, 0.15) is 21.7 Å². The third-order valence-corrected chi connectivity index (χ3v) is 4.35. The molecule has 9 heteroatoms. The van der Waals surface area contributed by atoms with Crippen molar-refractivity contribution in [1.82, 2.24) is 0 Å². The lowest BCUT2D eigenvalue weighted by atomic mass is 10.1. The van der Waals surface area contributed by atoms with Gasteiger partial charge in [0.25, 0.3) is 5.91 Å². The number of rotatable bonds is 5. The summed E-state index contributed by atoms with van der Waals surface area (Å²) in [6.07, 6.45) is -3.54. The van der Waals surface area contributed by atoms with Crippen LogP contribution >= 0.6 is 0 Å². The van der Waals surface area contributed by atoms with E-state index in [9.17, 15) is 28.0 Å². The summed E-state index contributed by atoms with van der Waals surface area (Å²) in [5.74, 6) is -0.957. The van der Waals surface area contributed by atoms with Crippen molar-refractivity contribution in [3.8, 4) is 17.4 Å². The Hall–Kier alpha value is -4.32. The van der Waals surface area contributed by atoms with E-state index in [-0.39, 0.29) is 5.76 Å². The van der Waals surface area contributed by atoms with Gasteiger partial charge in [0.05, 0.1) is 23.9 Å². The molecule has 0 fully saturated rings. The number of para-hydroxylation sites is 1. The first-order chi connectivity index (χ1) is 15.2. The molecule has 1 amide bonds. The molecule has 1 heterocycles. The van der Waals surface area contributed by atoms with E-state index in [0.717, 1.165) is 18.2 Å². The fourth-order valence-electron chi connectivity index (χ4n) is 2.79. The molecular formula is C23H15F3N2O4. The molecule has 3 rings (SSSR count). The molecule has 2 aromatic carbocycles. The SMILES string of the molecule is COC(=O)c1ccc(-c2ccc(/C=C(/C#N)C(=O)Nc3ccccc3C(F)(F)F)o2)cc1. The monoisotopic (exact) mass is 440 g/mol. The van der Waals surface area contributed by atoms with Crippen LogP contribution < -0.4 is 5.32 Å². The number of nitrogens with one attached hydrogen (secondary N) is 1. The molecule has 0 bridgehead atoms. The van der Waals surface area contributed by atoms with E-state index in [4.69, 9.17) is 4.42 Å². The van der Waals surface area contributed by atoms with E-state index < -0.39 is 34.9 Å². The van der Waals surface area contributed by atoms with Crippen molar-refractivity contribution in [2.45, 2.75) is 6.18 Å². The Balaban J connectivity index is 1.81. The predicted octanol–water partition coefficient (Wildman–Crippen LogP) is 5.30. The van der Waals surface area contributed by atoms with Crippen molar-refractivity contribution in [1.29, 1.82) is 5.26 Å². The predicted molar refractivity (Wildman–Crippen MR) is 109 cm³/mol. The maximum atomic E-state index is 13.1. The standard InChI is InChI=1S/C23H15F3N2O4/c1-31-22(30)15-8-6-14(7-9-15)20-11-10-17(32-20)12-16(13-27)21(29)28-19-5-3-2-4-18(19)23(24,25)26/h2-12H,1H3,(H,28,29)/b16-12-. The van der Waals surface area contributed by atoms with Gasteiger partial charge < -0.3 is 14.5 Å². The highest BCUT2D eigenvalue weighted by molar-refractivity contribution is 6.09.